The number of hydrogen-bond acceptors (Lipinski definition) is 3. The first-order valence-corrected chi connectivity index (χ1v) is 7.37. The fourth-order valence-electron chi connectivity index (χ4n) is 2.21. The van der Waals surface area contributed by atoms with Crippen molar-refractivity contribution in [3.05, 3.63) is 41.0 Å². The fraction of sp³-hybridized carbons (Fsp3) is 0.471. The van der Waals surface area contributed by atoms with Crippen LogP contribution in [0.1, 0.15) is 48.2 Å². The molecule has 24 heavy (non-hydrogen) atoms. The monoisotopic (exact) mass is 348 g/mol. The number of fused-ring (bicyclic) bond motifs is 1. The number of alkyl halides is 3. The van der Waals surface area contributed by atoms with Crippen molar-refractivity contribution in [1.29, 1.82) is 0 Å². The van der Waals surface area contributed by atoms with Crippen LogP contribution >= 0.6 is 0 Å². The second kappa shape index (κ2) is 9.97. The Bertz CT molecular complexity index is 559. The van der Waals surface area contributed by atoms with Crippen LogP contribution in [0.15, 0.2) is 24.3 Å². The van der Waals surface area contributed by atoms with Crippen LogP contribution in [0.3, 0.4) is 0 Å². The van der Waals surface area contributed by atoms with Crippen LogP contribution in [0.5, 0.6) is 0 Å². The molecule has 0 saturated heterocycles. The summed E-state index contributed by atoms with van der Waals surface area (Å²) in [5.41, 5.74) is 2.87. The zero-order chi connectivity index (χ0) is 17.5. The summed E-state index contributed by atoms with van der Waals surface area (Å²) in [6, 6.07) is 5.66. The highest BCUT2D eigenvalue weighted by Crippen LogP contribution is 2.27. The molecule has 2 rings (SSSR count). The van der Waals surface area contributed by atoms with Gasteiger partial charge in [-0.1, -0.05) is 6.07 Å². The number of carbonyl (C=O) groups excluding carboxylic acids is 1. The third-order valence-corrected chi connectivity index (χ3v) is 3.07. The maximum absolute atomic E-state index is 11.5. The molecule has 2 N–H and O–H groups in total. The van der Waals surface area contributed by atoms with Crippen molar-refractivity contribution >= 4 is 11.7 Å². The highest BCUT2D eigenvalue weighted by Gasteiger charge is 2.16. The molecule has 0 aliphatic heterocycles. The van der Waals surface area contributed by atoms with Crippen molar-refractivity contribution in [2.75, 3.05) is 13.7 Å². The second-order valence-electron chi connectivity index (χ2n) is 5.04. The Hall–Kier alpha value is -2.02. The smallest absolute Gasteiger partial charge is 0.386 e. The van der Waals surface area contributed by atoms with Gasteiger partial charge in [0.25, 0.3) is 0 Å². The van der Waals surface area contributed by atoms with Gasteiger partial charge in [0.15, 0.2) is 0 Å². The van der Waals surface area contributed by atoms with Gasteiger partial charge >= 0.3 is 12.1 Å². The number of ether oxygens (including phenoxy) is 2. The number of carbonyl (C=O) groups is 1. The summed E-state index contributed by atoms with van der Waals surface area (Å²) in [6.45, 7) is 2.82. The summed E-state index contributed by atoms with van der Waals surface area (Å²) in [7, 11) is 1.40. The molecule has 0 heterocycles. The van der Waals surface area contributed by atoms with Gasteiger partial charge in [-0.25, -0.2) is 4.79 Å². The lowest BCUT2D eigenvalue weighted by molar-refractivity contribution is -0.110. The second-order valence-corrected chi connectivity index (χ2v) is 5.04. The van der Waals surface area contributed by atoms with E-state index in [0.717, 1.165) is 36.1 Å². The van der Waals surface area contributed by atoms with E-state index >= 15 is 0 Å². The molecule has 0 saturated carbocycles. The molecule has 0 aromatic heterocycles. The van der Waals surface area contributed by atoms with E-state index in [1.54, 1.807) is 6.07 Å². The van der Waals surface area contributed by atoms with Gasteiger partial charge in [0, 0.05) is 12.5 Å². The summed E-state index contributed by atoms with van der Waals surface area (Å²) in [5.74, 6) is 0.644. The van der Waals surface area contributed by atoms with Crippen molar-refractivity contribution in [3.63, 3.8) is 0 Å². The quantitative estimate of drug-likeness (QED) is 0.777. The Labute approximate surface area is 139 Å². The van der Waals surface area contributed by atoms with Crippen LogP contribution in [0.25, 0.3) is 5.76 Å². The Morgan fingerprint density at radius 2 is 1.92 bits per heavy atom. The molecule has 0 bridgehead atoms. The average molecular weight is 348 g/mol. The third-order valence-electron chi connectivity index (χ3n) is 3.07. The lowest BCUT2D eigenvalue weighted by atomic mass is 10.0. The molecule has 136 valence electrons. The lowest BCUT2D eigenvalue weighted by Gasteiger charge is -2.12. The number of methoxy groups -OCH3 is 1. The van der Waals surface area contributed by atoms with Crippen LogP contribution in [-0.4, -0.2) is 31.3 Å². The minimum atomic E-state index is -4.00. The van der Waals surface area contributed by atoms with Gasteiger partial charge in [-0.05, 0) is 50.0 Å². The Kier molecular flexibility index (Phi) is 9.13. The summed E-state index contributed by atoms with van der Waals surface area (Å²) in [4.78, 5) is 11.5. The maximum atomic E-state index is 11.5. The van der Waals surface area contributed by atoms with E-state index in [1.165, 1.54) is 7.11 Å². The van der Waals surface area contributed by atoms with E-state index < -0.39 is 6.18 Å². The molecule has 4 nitrogen and oxygen atoms in total. The van der Waals surface area contributed by atoms with Crippen LogP contribution in [0.4, 0.5) is 13.2 Å². The summed E-state index contributed by atoms with van der Waals surface area (Å²) in [5, 5.41) is 0. The number of benzene rings is 1. The molecular formula is C17H23F3O4. The van der Waals surface area contributed by atoms with E-state index in [-0.39, 0.29) is 18.4 Å². The minimum Gasteiger partial charge on any atom is -0.494 e. The van der Waals surface area contributed by atoms with Crippen LogP contribution in [0, 0.1) is 0 Å². The fourth-order valence-corrected chi connectivity index (χ4v) is 2.21. The molecule has 0 spiro atoms. The predicted octanol–water partition coefficient (Wildman–Crippen LogP) is 3.93. The molecule has 7 heteroatoms. The topological polar surface area (TPSA) is 67.0 Å². The number of hydrogen-bond donors (Lipinski definition) is 0. The number of allylic oxidation sites excluding steroid dienone is 1. The number of halogens is 3. The largest absolute Gasteiger partial charge is 0.494 e. The maximum Gasteiger partial charge on any atom is 0.386 e. The standard InChI is InChI=1S/C15H18O3.C2H3F3.H2O/c1-3-18-14-7-5-4-6-11-10-12(15(16)17-2)8-9-13(11)14;1-2(3,4)5;/h7-10H,3-6H2,1-2H3;1H3;1H2. The molecule has 0 unspecified atom stereocenters. The molecule has 1 aliphatic rings. The van der Waals surface area contributed by atoms with Crippen molar-refractivity contribution in [1.82, 2.24) is 0 Å². The Morgan fingerprint density at radius 1 is 1.29 bits per heavy atom. The highest BCUT2D eigenvalue weighted by atomic mass is 19.4. The molecule has 0 radical (unpaired) electrons. The van der Waals surface area contributed by atoms with Gasteiger partial charge in [-0.3, -0.25) is 0 Å². The molecular weight excluding hydrogens is 325 g/mol. The highest BCUT2D eigenvalue weighted by molar-refractivity contribution is 5.90. The molecule has 1 aliphatic carbocycles. The van der Waals surface area contributed by atoms with Crippen molar-refractivity contribution in [3.8, 4) is 0 Å². The van der Waals surface area contributed by atoms with Gasteiger partial charge in [0.05, 0.1) is 19.3 Å². The van der Waals surface area contributed by atoms with Gasteiger partial charge < -0.3 is 14.9 Å². The first-order valence-electron chi connectivity index (χ1n) is 7.37. The predicted molar refractivity (Wildman–Crippen MR) is 85.7 cm³/mol. The number of esters is 1. The first-order chi connectivity index (χ1) is 10.8. The van der Waals surface area contributed by atoms with E-state index in [9.17, 15) is 18.0 Å². The molecule has 0 amide bonds. The summed E-state index contributed by atoms with van der Waals surface area (Å²) < 4.78 is 41.5. The van der Waals surface area contributed by atoms with Gasteiger partial charge in [0.2, 0.25) is 0 Å². The van der Waals surface area contributed by atoms with Gasteiger partial charge in [0.1, 0.15) is 5.76 Å². The third kappa shape index (κ3) is 7.50. The summed E-state index contributed by atoms with van der Waals surface area (Å²) >= 11 is 0. The van der Waals surface area contributed by atoms with Crippen molar-refractivity contribution in [2.24, 2.45) is 0 Å². The van der Waals surface area contributed by atoms with Crippen molar-refractivity contribution in [2.45, 2.75) is 39.3 Å². The number of rotatable bonds is 3. The average Bonchev–Trinajstić information content (AvgIpc) is 2.67. The number of aryl methyl sites for hydroxylation is 1. The van der Waals surface area contributed by atoms with E-state index in [4.69, 9.17) is 9.47 Å². The van der Waals surface area contributed by atoms with Crippen LogP contribution in [0.2, 0.25) is 0 Å². The normalized spacial score (nSPS) is 13.2. The van der Waals surface area contributed by atoms with E-state index in [0.29, 0.717) is 12.2 Å². The van der Waals surface area contributed by atoms with Crippen molar-refractivity contribution < 1.29 is 32.9 Å². The van der Waals surface area contributed by atoms with Gasteiger partial charge in [-0.15, -0.1) is 0 Å². The zero-order valence-corrected chi connectivity index (χ0v) is 14.0. The molecule has 0 fully saturated rings. The lowest BCUT2D eigenvalue weighted by Crippen LogP contribution is -2.04. The Morgan fingerprint density at radius 3 is 2.46 bits per heavy atom. The SMILES string of the molecule is CC(F)(F)F.CCOC1=CCCCc2cc(C(=O)OC)ccc21.O. The van der Waals surface area contributed by atoms with Crippen LogP contribution in [-0.2, 0) is 15.9 Å². The van der Waals surface area contributed by atoms with Gasteiger partial charge in [-0.2, -0.15) is 13.2 Å². The molecule has 1 aromatic carbocycles. The molecule has 1 aromatic rings. The zero-order valence-electron chi connectivity index (χ0n) is 14.0. The molecule has 0 atom stereocenters. The van der Waals surface area contributed by atoms with E-state index in [1.807, 2.05) is 19.1 Å². The Balaban J connectivity index is 0.000000777. The summed E-state index contributed by atoms with van der Waals surface area (Å²) in [6.07, 6.45) is 1.19. The first kappa shape index (κ1) is 22.0. The van der Waals surface area contributed by atoms with E-state index in [2.05, 4.69) is 6.08 Å². The minimum absolute atomic E-state index is 0. The van der Waals surface area contributed by atoms with Crippen LogP contribution < -0.4 is 0 Å².